The topological polar surface area (TPSA) is 221 Å². The summed E-state index contributed by atoms with van der Waals surface area (Å²) in [6.07, 6.45) is 8.26. The average Bonchev–Trinajstić information content (AvgIpc) is 1.63. The maximum atomic E-state index is 5.33. The van der Waals surface area contributed by atoms with E-state index in [0.717, 1.165) is 169 Å². The largest absolute Gasteiger partial charge is 0.365 e. The predicted octanol–water partition coefficient (Wildman–Crippen LogP) is 20.9. The molecule has 0 amide bonds. The van der Waals surface area contributed by atoms with Crippen LogP contribution in [0, 0.1) is 41.5 Å². The zero-order valence-electron chi connectivity index (χ0n) is 62.3. The van der Waals surface area contributed by atoms with Crippen LogP contribution in [0.2, 0.25) is 0 Å². The van der Waals surface area contributed by atoms with Gasteiger partial charge in [0.2, 0.25) is 0 Å². The van der Waals surface area contributed by atoms with Crippen molar-refractivity contribution in [3.05, 3.63) is 216 Å². The molecule has 0 bridgehead atoms. The van der Waals surface area contributed by atoms with Crippen molar-refractivity contribution in [2.45, 2.75) is 147 Å². The van der Waals surface area contributed by atoms with Crippen molar-refractivity contribution in [1.29, 1.82) is 0 Å². The molecule has 0 aliphatic heterocycles. The molecule has 17 rings (SSSR count). The summed E-state index contributed by atoms with van der Waals surface area (Å²) in [5.41, 5.74) is 22.8. The van der Waals surface area contributed by atoms with E-state index in [1.165, 1.54) is 11.1 Å². The molecule has 528 valence electrons. The molecule has 0 aliphatic carbocycles. The number of aryl methyl sites for hydroxylation is 6. The van der Waals surface area contributed by atoms with Gasteiger partial charge in [0.15, 0.2) is 22.3 Å². The molecule has 0 spiro atoms. The molecule has 20 nitrogen and oxygen atoms in total. The van der Waals surface area contributed by atoms with Gasteiger partial charge in [0.25, 0.3) is 0 Å². The molecule has 0 atom stereocenters. The SMILES string of the molecule is Cc1ccc2nc(-c3ccc4onc(C)c4c3)c(NC(C)(C)C)n2c1.Cc1ccn2c(NC(C)(C)C)c(-c3ccc4onc(C)c4c3)nc2c1.Cc1noc2ccc(-c3ccc(-c4nc5ccccn5c4NC(C)(C)C)cc3)cc12.Cc1noc2ccc(-c3nc4ccccn4c3NC(C)(C)C)cc12. The van der Waals surface area contributed by atoms with Gasteiger partial charge in [-0.2, -0.15) is 0 Å². The third-order valence-corrected chi connectivity index (χ3v) is 17.5. The minimum absolute atomic E-state index is 0.0717. The summed E-state index contributed by atoms with van der Waals surface area (Å²) < 4.78 is 29.7. The summed E-state index contributed by atoms with van der Waals surface area (Å²) in [4.78, 5) is 19.5. The van der Waals surface area contributed by atoms with Crippen LogP contribution in [0.15, 0.2) is 201 Å². The van der Waals surface area contributed by atoms with E-state index in [1.807, 2.05) is 119 Å². The van der Waals surface area contributed by atoms with Crippen LogP contribution < -0.4 is 21.3 Å². The number of rotatable bonds is 9. The van der Waals surface area contributed by atoms with Gasteiger partial charge >= 0.3 is 0 Å². The Kier molecular flexibility index (Phi) is 17.7. The molecule has 5 aromatic carbocycles. The molecule has 0 fully saturated rings. The molecular formula is C84H88N16O4. The van der Waals surface area contributed by atoms with Crippen LogP contribution in [0.4, 0.5) is 23.3 Å². The third kappa shape index (κ3) is 14.4. The van der Waals surface area contributed by atoms with E-state index in [9.17, 15) is 0 Å². The van der Waals surface area contributed by atoms with Crippen LogP contribution in [0.5, 0.6) is 0 Å². The Balaban J connectivity index is 0.000000117. The number of fused-ring (bicyclic) bond motifs is 8. The lowest BCUT2D eigenvalue weighted by atomic mass is 10.0. The summed E-state index contributed by atoms with van der Waals surface area (Å²) >= 11 is 0. The lowest BCUT2D eigenvalue weighted by molar-refractivity contribution is 0.450. The van der Waals surface area contributed by atoms with Crippen LogP contribution in [0.3, 0.4) is 0 Å². The van der Waals surface area contributed by atoms with Gasteiger partial charge in [0, 0.05) is 90.7 Å². The Bertz CT molecular complexity index is 5940. The number of benzene rings is 5. The van der Waals surface area contributed by atoms with Crippen molar-refractivity contribution < 1.29 is 18.1 Å². The van der Waals surface area contributed by atoms with Crippen molar-refractivity contribution in [2.24, 2.45) is 0 Å². The van der Waals surface area contributed by atoms with E-state index in [0.29, 0.717) is 0 Å². The summed E-state index contributed by atoms with van der Waals surface area (Å²) in [5.74, 6) is 3.99. The second kappa shape index (κ2) is 26.7. The molecule has 20 heteroatoms. The fourth-order valence-electron chi connectivity index (χ4n) is 12.7. The highest BCUT2D eigenvalue weighted by molar-refractivity contribution is 5.91. The van der Waals surface area contributed by atoms with E-state index < -0.39 is 0 Å². The molecule has 0 unspecified atom stereocenters. The second-order valence-electron chi connectivity index (χ2n) is 31.0. The van der Waals surface area contributed by atoms with Crippen LogP contribution in [0.1, 0.15) is 117 Å². The first-order chi connectivity index (χ1) is 49.4. The number of hydrogen-bond donors (Lipinski definition) is 4. The Labute approximate surface area is 603 Å². The van der Waals surface area contributed by atoms with E-state index >= 15 is 0 Å². The van der Waals surface area contributed by atoms with Crippen molar-refractivity contribution in [3.8, 4) is 56.2 Å². The smallest absolute Gasteiger partial charge is 0.167 e. The molecule has 12 aromatic heterocycles. The highest BCUT2D eigenvalue weighted by Crippen LogP contribution is 2.39. The van der Waals surface area contributed by atoms with Crippen LogP contribution in [0.25, 0.3) is 123 Å². The standard InChI is InChI=1S/C25H24N4O.2C20H22N4O.C19H20N4O/c1-16-20-15-19(12-13-21(20)30-28-16)17-8-10-18(11-9-17)23-24(27-25(2,3)4)29-14-6-5-7-22(29)26-23;1-12-6-9-17-21-18(19(24(17)11-12)22-20(3,4)5)14-7-8-16-15(10-14)13(2)23-25-16;1-12-8-9-24-17(10-12)21-18(19(24)22-20(3,4)5)14-6-7-16-15(11-14)13(2)23-25-16;1-12-14-11-13(8-9-15(14)24-22-12)17-18(21-19(2,3)4)23-10-6-5-7-16(23)20-17/h5-15,27H,1-4H3;2*6-11,22H,1-5H3;5-11,21H,1-4H3. The first kappa shape index (κ1) is 69.0. The first-order valence-electron chi connectivity index (χ1n) is 35.1. The molecule has 12 heterocycles. The first-order valence-corrected chi connectivity index (χ1v) is 35.1. The highest BCUT2D eigenvalue weighted by atomic mass is 16.5. The lowest BCUT2D eigenvalue weighted by Gasteiger charge is -2.22. The van der Waals surface area contributed by atoms with E-state index in [1.54, 1.807) is 0 Å². The number of imidazole rings is 4. The van der Waals surface area contributed by atoms with Crippen LogP contribution >= 0.6 is 0 Å². The van der Waals surface area contributed by atoms with E-state index in [2.05, 4.69) is 248 Å². The lowest BCUT2D eigenvalue weighted by Crippen LogP contribution is -2.27. The summed E-state index contributed by atoms with van der Waals surface area (Å²) in [6, 6.07) is 53.4. The van der Waals surface area contributed by atoms with Gasteiger partial charge in [-0.05, 0) is 256 Å². The fourth-order valence-corrected chi connectivity index (χ4v) is 12.7. The number of pyridine rings is 4. The minimum atomic E-state index is -0.0777. The number of anilines is 4. The Morgan fingerprint density at radius 1 is 0.279 bits per heavy atom. The molecule has 0 saturated carbocycles. The maximum Gasteiger partial charge on any atom is 0.167 e. The average molecular weight is 1390 g/mol. The fraction of sp³-hybridized carbons (Fsp3) is 0.262. The van der Waals surface area contributed by atoms with Gasteiger partial charge in [-0.25, -0.2) is 19.9 Å². The molecule has 17 aromatic rings. The van der Waals surface area contributed by atoms with Crippen molar-refractivity contribution in [2.75, 3.05) is 21.3 Å². The Morgan fingerprint density at radius 2 is 0.596 bits per heavy atom. The Morgan fingerprint density at radius 3 is 0.990 bits per heavy atom. The van der Waals surface area contributed by atoms with Crippen LogP contribution in [-0.2, 0) is 0 Å². The van der Waals surface area contributed by atoms with Gasteiger partial charge < -0.3 is 39.4 Å². The number of nitrogens with zero attached hydrogens (tertiary/aromatic N) is 12. The monoisotopic (exact) mass is 1380 g/mol. The van der Waals surface area contributed by atoms with Gasteiger partial charge in [-0.15, -0.1) is 0 Å². The van der Waals surface area contributed by atoms with Crippen molar-refractivity contribution in [1.82, 2.24) is 58.2 Å². The van der Waals surface area contributed by atoms with Gasteiger partial charge in [-0.1, -0.05) is 69.2 Å². The van der Waals surface area contributed by atoms with Gasteiger partial charge in [0.05, 0.1) is 22.8 Å². The summed E-state index contributed by atoms with van der Waals surface area (Å²) in [6.45, 7) is 37.8. The molecule has 4 N–H and O–H groups in total. The number of nitrogens with one attached hydrogen (secondary N) is 4. The molecular weight excluding hydrogens is 1300 g/mol. The normalized spacial score (nSPS) is 12.1. The predicted molar refractivity (Wildman–Crippen MR) is 420 cm³/mol. The van der Waals surface area contributed by atoms with E-state index in [-0.39, 0.29) is 22.2 Å². The van der Waals surface area contributed by atoms with Crippen LogP contribution in [-0.4, -0.2) is 80.3 Å². The quantitative estimate of drug-likeness (QED) is 0.106. The number of hydrogen-bond acceptors (Lipinski definition) is 16. The van der Waals surface area contributed by atoms with Gasteiger partial charge in [0.1, 0.15) is 68.6 Å². The maximum absolute atomic E-state index is 5.33. The van der Waals surface area contributed by atoms with Crippen molar-refractivity contribution in [3.63, 3.8) is 0 Å². The third-order valence-electron chi connectivity index (χ3n) is 17.5. The molecule has 0 radical (unpaired) electrons. The zero-order valence-corrected chi connectivity index (χ0v) is 62.3. The molecule has 0 saturated heterocycles. The highest BCUT2D eigenvalue weighted by Gasteiger charge is 2.25. The second-order valence-corrected chi connectivity index (χ2v) is 31.0. The van der Waals surface area contributed by atoms with E-state index in [4.69, 9.17) is 38.0 Å². The summed E-state index contributed by atoms with van der Waals surface area (Å²) in [7, 11) is 0. The number of aromatic nitrogens is 12. The minimum Gasteiger partial charge on any atom is -0.365 e. The molecule has 0 aliphatic rings. The zero-order chi connectivity index (χ0) is 73.3. The molecule has 104 heavy (non-hydrogen) atoms. The summed E-state index contributed by atoms with van der Waals surface area (Å²) in [5, 5.41) is 34.7. The Hall–Kier alpha value is -12.1. The van der Waals surface area contributed by atoms with Gasteiger partial charge in [-0.3, -0.25) is 17.6 Å². The van der Waals surface area contributed by atoms with Crippen molar-refractivity contribution >= 4 is 89.7 Å².